The Balaban J connectivity index is 1.61. The number of nitrogens with zero attached hydrogens (tertiary/aromatic N) is 2. The van der Waals surface area contributed by atoms with E-state index < -0.39 is 28.9 Å². The lowest BCUT2D eigenvalue weighted by atomic mass is 10.1. The summed E-state index contributed by atoms with van der Waals surface area (Å²) in [6, 6.07) is 9.27. The summed E-state index contributed by atoms with van der Waals surface area (Å²) in [7, 11) is 0. The van der Waals surface area contributed by atoms with Gasteiger partial charge in [-0.1, -0.05) is 23.7 Å². The van der Waals surface area contributed by atoms with Crippen LogP contribution in [0.5, 0.6) is 0 Å². The summed E-state index contributed by atoms with van der Waals surface area (Å²) in [6.45, 7) is 2.73. The van der Waals surface area contributed by atoms with E-state index in [-0.39, 0.29) is 0 Å². The molecule has 0 atom stereocenters. The van der Waals surface area contributed by atoms with Crippen LogP contribution >= 0.6 is 11.6 Å². The fraction of sp³-hybridized carbons (Fsp3) is 0.278. The van der Waals surface area contributed by atoms with Gasteiger partial charge in [-0.25, -0.2) is 13.2 Å². The second-order valence-corrected chi connectivity index (χ2v) is 6.35. The minimum atomic E-state index is -1.62. The Hall–Kier alpha value is -2.05. The van der Waals surface area contributed by atoms with Crippen molar-refractivity contribution in [3.05, 3.63) is 70.0 Å². The van der Waals surface area contributed by atoms with E-state index in [0.29, 0.717) is 31.2 Å². The van der Waals surface area contributed by atoms with Crippen LogP contribution in [0.25, 0.3) is 0 Å². The second-order valence-electron chi connectivity index (χ2n) is 5.92. The van der Waals surface area contributed by atoms with Gasteiger partial charge < -0.3 is 4.90 Å². The molecular formula is C18H16ClF3N2O. The first kappa shape index (κ1) is 17.8. The van der Waals surface area contributed by atoms with Crippen LogP contribution in [0, 0.1) is 17.5 Å². The number of hydrogen-bond donors (Lipinski definition) is 0. The van der Waals surface area contributed by atoms with Crippen molar-refractivity contribution in [1.29, 1.82) is 0 Å². The molecule has 2 aromatic carbocycles. The number of halogens is 4. The van der Waals surface area contributed by atoms with Crippen LogP contribution in [0.1, 0.15) is 15.9 Å². The maximum absolute atomic E-state index is 13.8. The number of benzene rings is 2. The van der Waals surface area contributed by atoms with E-state index in [0.717, 1.165) is 24.2 Å². The van der Waals surface area contributed by atoms with Gasteiger partial charge >= 0.3 is 0 Å². The molecule has 7 heteroatoms. The molecule has 0 aromatic heterocycles. The van der Waals surface area contributed by atoms with Gasteiger partial charge in [-0.3, -0.25) is 9.69 Å². The summed E-state index contributed by atoms with van der Waals surface area (Å²) in [6.07, 6.45) is 0. The van der Waals surface area contributed by atoms with E-state index >= 15 is 0 Å². The van der Waals surface area contributed by atoms with Gasteiger partial charge in [0.25, 0.3) is 5.91 Å². The van der Waals surface area contributed by atoms with Crippen molar-refractivity contribution in [3.8, 4) is 0 Å². The topological polar surface area (TPSA) is 23.6 Å². The molecule has 0 saturated carbocycles. The Bertz CT molecular complexity index is 775. The van der Waals surface area contributed by atoms with Gasteiger partial charge in [0.2, 0.25) is 0 Å². The molecule has 0 unspecified atom stereocenters. The molecule has 1 amide bonds. The van der Waals surface area contributed by atoms with Crippen molar-refractivity contribution >= 4 is 17.5 Å². The van der Waals surface area contributed by atoms with Crippen LogP contribution in [-0.4, -0.2) is 41.9 Å². The van der Waals surface area contributed by atoms with Crippen LogP contribution in [0.4, 0.5) is 13.2 Å². The van der Waals surface area contributed by atoms with Crippen molar-refractivity contribution in [2.45, 2.75) is 6.54 Å². The summed E-state index contributed by atoms with van der Waals surface area (Å²) in [5.41, 5.74) is 0.667. The highest BCUT2D eigenvalue weighted by Gasteiger charge is 2.26. The zero-order valence-electron chi connectivity index (χ0n) is 13.3. The Kier molecular flexibility index (Phi) is 5.30. The maximum atomic E-state index is 13.8. The molecule has 0 aliphatic carbocycles. The van der Waals surface area contributed by atoms with Gasteiger partial charge in [0, 0.05) is 37.7 Å². The molecule has 0 N–H and O–H groups in total. The number of carbonyl (C=O) groups excluding carboxylic acids is 1. The second kappa shape index (κ2) is 7.45. The van der Waals surface area contributed by atoms with Crippen LogP contribution in [0.2, 0.25) is 5.02 Å². The van der Waals surface area contributed by atoms with Gasteiger partial charge in [-0.15, -0.1) is 0 Å². The Morgan fingerprint density at radius 1 is 0.920 bits per heavy atom. The van der Waals surface area contributed by atoms with E-state index in [2.05, 4.69) is 4.90 Å². The molecule has 1 saturated heterocycles. The fourth-order valence-corrected chi connectivity index (χ4v) is 2.94. The first-order valence-electron chi connectivity index (χ1n) is 7.85. The number of amides is 1. The lowest BCUT2D eigenvalue weighted by molar-refractivity contribution is 0.0622. The minimum absolute atomic E-state index is 0.394. The third kappa shape index (κ3) is 3.96. The standard InChI is InChI=1S/C18H16ClF3N2O/c19-13-3-1-12(2-4-13)11-23-7-9-24(10-8-23)18(25)14-5-6-15(20)17(22)16(14)21/h1-6H,7-11H2. The van der Waals surface area contributed by atoms with Crippen LogP contribution in [-0.2, 0) is 6.54 Å². The molecular weight excluding hydrogens is 353 g/mol. The van der Waals surface area contributed by atoms with E-state index in [1.54, 1.807) is 0 Å². The number of carbonyl (C=O) groups is 1. The third-order valence-corrected chi connectivity index (χ3v) is 4.50. The van der Waals surface area contributed by atoms with Crippen LogP contribution in [0.15, 0.2) is 36.4 Å². The average molecular weight is 369 g/mol. The van der Waals surface area contributed by atoms with Gasteiger partial charge in [0.1, 0.15) is 0 Å². The molecule has 132 valence electrons. The molecule has 0 radical (unpaired) electrons. The van der Waals surface area contributed by atoms with Crippen LogP contribution < -0.4 is 0 Å². The lowest BCUT2D eigenvalue weighted by Crippen LogP contribution is -2.48. The zero-order chi connectivity index (χ0) is 18.0. The normalized spacial score (nSPS) is 15.4. The van der Waals surface area contributed by atoms with Gasteiger partial charge in [-0.05, 0) is 29.8 Å². The molecule has 0 bridgehead atoms. The summed E-state index contributed by atoms with van der Waals surface area (Å²) in [5.74, 6) is -4.98. The van der Waals surface area contributed by atoms with Gasteiger partial charge in [0.15, 0.2) is 17.5 Å². The summed E-state index contributed by atoms with van der Waals surface area (Å²) in [5, 5.41) is 0.674. The quantitative estimate of drug-likeness (QED) is 0.771. The molecule has 0 spiro atoms. The van der Waals surface area contributed by atoms with Gasteiger partial charge in [-0.2, -0.15) is 0 Å². The fourth-order valence-electron chi connectivity index (χ4n) is 2.82. The lowest BCUT2D eigenvalue weighted by Gasteiger charge is -2.34. The van der Waals surface area contributed by atoms with Crippen molar-refractivity contribution in [2.24, 2.45) is 0 Å². The van der Waals surface area contributed by atoms with Crippen LogP contribution in [0.3, 0.4) is 0 Å². The molecule has 3 nitrogen and oxygen atoms in total. The number of piperazine rings is 1. The van der Waals surface area contributed by atoms with Crippen molar-refractivity contribution < 1.29 is 18.0 Å². The van der Waals surface area contributed by atoms with Crippen molar-refractivity contribution in [3.63, 3.8) is 0 Å². The highest BCUT2D eigenvalue weighted by molar-refractivity contribution is 6.30. The Morgan fingerprint density at radius 2 is 1.56 bits per heavy atom. The average Bonchev–Trinajstić information content (AvgIpc) is 2.62. The maximum Gasteiger partial charge on any atom is 0.257 e. The van der Waals surface area contributed by atoms with E-state index in [9.17, 15) is 18.0 Å². The monoisotopic (exact) mass is 368 g/mol. The summed E-state index contributed by atoms with van der Waals surface area (Å²) in [4.78, 5) is 16.0. The smallest absolute Gasteiger partial charge is 0.257 e. The summed E-state index contributed by atoms with van der Waals surface area (Å²) < 4.78 is 40.1. The Morgan fingerprint density at radius 3 is 2.20 bits per heavy atom. The van der Waals surface area contributed by atoms with E-state index in [1.165, 1.54) is 4.90 Å². The molecule has 1 heterocycles. The van der Waals surface area contributed by atoms with Crippen molar-refractivity contribution in [1.82, 2.24) is 9.80 Å². The minimum Gasteiger partial charge on any atom is -0.336 e. The van der Waals surface area contributed by atoms with E-state index in [1.807, 2.05) is 24.3 Å². The Labute approximate surface area is 148 Å². The molecule has 2 aromatic rings. The third-order valence-electron chi connectivity index (χ3n) is 4.24. The predicted octanol–water partition coefficient (Wildman–Crippen LogP) is 3.72. The first-order valence-corrected chi connectivity index (χ1v) is 8.23. The molecule has 1 aliphatic heterocycles. The highest BCUT2D eigenvalue weighted by Crippen LogP contribution is 2.18. The van der Waals surface area contributed by atoms with E-state index in [4.69, 9.17) is 11.6 Å². The first-order chi connectivity index (χ1) is 12.0. The highest BCUT2D eigenvalue weighted by atomic mass is 35.5. The predicted molar refractivity (Wildman–Crippen MR) is 88.9 cm³/mol. The zero-order valence-corrected chi connectivity index (χ0v) is 14.1. The van der Waals surface area contributed by atoms with Gasteiger partial charge in [0.05, 0.1) is 5.56 Å². The molecule has 25 heavy (non-hydrogen) atoms. The molecule has 1 aliphatic rings. The molecule has 3 rings (SSSR count). The summed E-state index contributed by atoms with van der Waals surface area (Å²) >= 11 is 5.86. The largest absolute Gasteiger partial charge is 0.336 e. The molecule has 1 fully saturated rings. The number of hydrogen-bond acceptors (Lipinski definition) is 2. The number of rotatable bonds is 3. The van der Waals surface area contributed by atoms with Crippen molar-refractivity contribution in [2.75, 3.05) is 26.2 Å². The SMILES string of the molecule is O=C(c1ccc(F)c(F)c1F)N1CCN(Cc2ccc(Cl)cc2)CC1.